The van der Waals surface area contributed by atoms with Gasteiger partial charge in [0.25, 0.3) is 10.0 Å². The van der Waals surface area contributed by atoms with Crippen molar-refractivity contribution in [1.82, 2.24) is 4.89 Å². The highest BCUT2D eigenvalue weighted by molar-refractivity contribution is 7.89. The molecule has 1 rings (SSSR count). The van der Waals surface area contributed by atoms with Crippen molar-refractivity contribution in [1.29, 1.82) is 0 Å². The van der Waals surface area contributed by atoms with Crippen molar-refractivity contribution in [3.05, 3.63) is 23.8 Å². The molecular formula is C8H9NO6S. The Kier molecular flexibility index (Phi) is 3.48. The maximum Gasteiger partial charge on any atom is 0.335 e. The van der Waals surface area contributed by atoms with E-state index in [9.17, 15) is 13.2 Å². The molecule has 0 saturated carbocycles. The Bertz CT molecular complexity index is 509. The summed E-state index contributed by atoms with van der Waals surface area (Å²) in [5.41, 5.74) is -0.117. The number of nitrogens with one attached hydrogen (secondary N) is 1. The van der Waals surface area contributed by atoms with Crippen LogP contribution in [0.1, 0.15) is 10.4 Å². The Morgan fingerprint density at radius 3 is 2.50 bits per heavy atom. The van der Waals surface area contributed by atoms with E-state index >= 15 is 0 Å². The third-order valence-electron chi connectivity index (χ3n) is 1.82. The Hall–Kier alpha value is -1.64. The Labute approximate surface area is 91.3 Å². The van der Waals surface area contributed by atoms with E-state index in [1.54, 1.807) is 0 Å². The molecule has 0 saturated heterocycles. The van der Waals surface area contributed by atoms with Crippen molar-refractivity contribution in [3.8, 4) is 5.75 Å². The monoisotopic (exact) mass is 247 g/mol. The van der Waals surface area contributed by atoms with Crippen LogP contribution in [-0.2, 0) is 10.0 Å². The van der Waals surface area contributed by atoms with Gasteiger partial charge >= 0.3 is 5.97 Å². The lowest BCUT2D eigenvalue weighted by Gasteiger charge is -2.08. The predicted molar refractivity (Wildman–Crippen MR) is 52.1 cm³/mol. The van der Waals surface area contributed by atoms with Gasteiger partial charge in [-0.05, 0) is 18.2 Å². The van der Waals surface area contributed by atoms with Crippen LogP contribution in [0.25, 0.3) is 0 Å². The van der Waals surface area contributed by atoms with Crippen LogP contribution in [0.5, 0.6) is 5.75 Å². The molecule has 1 aromatic carbocycles. The molecule has 88 valence electrons. The minimum Gasteiger partial charge on any atom is -0.495 e. The second-order valence-electron chi connectivity index (χ2n) is 2.77. The zero-order chi connectivity index (χ0) is 12.3. The van der Waals surface area contributed by atoms with Crippen molar-refractivity contribution in [2.75, 3.05) is 7.11 Å². The number of ether oxygens (including phenoxy) is 1. The van der Waals surface area contributed by atoms with E-state index in [0.717, 1.165) is 23.1 Å². The van der Waals surface area contributed by atoms with Gasteiger partial charge in [0.1, 0.15) is 10.6 Å². The van der Waals surface area contributed by atoms with Crippen molar-refractivity contribution in [2.24, 2.45) is 0 Å². The molecule has 0 amide bonds. The molecule has 0 aliphatic carbocycles. The molecule has 7 nitrogen and oxygen atoms in total. The van der Waals surface area contributed by atoms with E-state index in [1.807, 2.05) is 0 Å². The zero-order valence-electron chi connectivity index (χ0n) is 8.17. The molecule has 8 heteroatoms. The van der Waals surface area contributed by atoms with E-state index in [0.29, 0.717) is 0 Å². The highest BCUT2D eigenvalue weighted by Gasteiger charge is 2.19. The van der Waals surface area contributed by atoms with Crippen molar-refractivity contribution in [2.45, 2.75) is 4.90 Å². The second kappa shape index (κ2) is 4.47. The minimum atomic E-state index is -4.10. The largest absolute Gasteiger partial charge is 0.495 e. The highest BCUT2D eigenvalue weighted by Crippen LogP contribution is 2.24. The standard InChI is InChI=1S/C8H9NO6S/c1-15-6-4-5(8(10)11)2-3-7(6)16(13,14)9-12/h2-4,9,12H,1H3,(H,10,11). The third-order valence-corrected chi connectivity index (χ3v) is 2.98. The summed E-state index contributed by atoms with van der Waals surface area (Å²) in [6, 6.07) is 3.17. The first-order valence-electron chi connectivity index (χ1n) is 3.99. The van der Waals surface area contributed by atoms with Crippen LogP contribution in [0.15, 0.2) is 23.1 Å². The average Bonchev–Trinajstić information content (AvgIpc) is 2.28. The SMILES string of the molecule is COc1cc(C(=O)O)ccc1S(=O)(=O)NO. The summed E-state index contributed by atoms with van der Waals surface area (Å²) in [4.78, 5) is 11.4. The summed E-state index contributed by atoms with van der Waals surface area (Å²) < 4.78 is 27.3. The van der Waals surface area contributed by atoms with Gasteiger partial charge in [-0.2, -0.15) is 0 Å². The number of aromatic carboxylic acids is 1. The van der Waals surface area contributed by atoms with Gasteiger partial charge in [0, 0.05) is 0 Å². The first-order chi connectivity index (χ1) is 7.42. The van der Waals surface area contributed by atoms with Crippen LogP contribution < -0.4 is 9.62 Å². The van der Waals surface area contributed by atoms with Gasteiger partial charge in [0.2, 0.25) is 0 Å². The number of hydrogen-bond donors (Lipinski definition) is 3. The summed E-state index contributed by atoms with van der Waals surface area (Å²) in [6.45, 7) is 0. The van der Waals surface area contributed by atoms with E-state index in [4.69, 9.17) is 15.1 Å². The molecule has 0 aliphatic rings. The molecular weight excluding hydrogens is 238 g/mol. The zero-order valence-corrected chi connectivity index (χ0v) is 8.98. The summed E-state index contributed by atoms with van der Waals surface area (Å²) in [5, 5.41) is 17.1. The van der Waals surface area contributed by atoms with Gasteiger partial charge in [0.15, 0.2) is 0 Å². The molecule has 16 heavy (non-hydrogen) atoms. The van der Waals surface area contributed by atoms with Crippen LogP contribution in [0.4, 0.5) is 0 Å². The topological polar surface area (TPSA) is 113 Å². The summed E-state index contributed by atoms with van der Waals surface area (Å²) in [5.74, 6) is -1.37. The smallest absolute Gasteiger partial charge is 0.335 e. The Morgan fingerprint density at radius 1 is 1.44 bits per heavy atom. The molecule has 0 unspecified atom stereocenters. The van der Waals surface area contributed by atoms with E-state index in [2.05, 4.69) is 0 Å². The van der Waals surface area contributed by atoms with Crippen LogP contribution in [0.3, 0.4) is 0 Å². The maximum absolute atomic E-state index is 11.3. The molecule has 0 radical (unpaired) electrons. The molecule has 0 atom stereocenters. The van der Waals surface area contributed by atoms with Crippen LogP contribution in [0.2, 0.25) is 0 Å². The van der Waals surface area contributed by atoms with Gasteiger partial charge in [-0.1, -0.05) is 4.89 Å². The predicted octanol–water partition coefficient (Wildman–Crippen LogP) is 0.0609. The fraction of sp³-hybridized carbons (Fsp3) is 0.125. The van der Waals surface area contributed by atoms with Crippen molar-refractivity contribution < 1.29 is 28.3 Å². The Balaban J connectivity index is 3.39. The first-order valence-corrected chi connectivity index (χ1v) is 5.48. The van der Waals surface area contributed by atoms with Crippen molar-refractivity contribution in [3.63, 3.8) is 0 Å². The first kappa shape index (κ1) is 12.4. The molecule has 3 N–H and O–H groups in total. The molecule has 1 aromatic rings. The molecule has 0 heterocycles. The van der Waals surface area contributed by atoms with Crippen LogP contribution in [0, 0.1) is 0 Å². The lowest BCUT2D eigenvalue weighted by Crippen LogP contribution is -2.20. The summed E-state index contributed by atoms with van der Waals surface area (Å²) >= 11 is 0. The van der Waals surface area contributed by atoms with Gasteiger partial charge < -0.3 is 15.1 Å². The third kappa shape index (κ3) is 2.30. The second-order valence-corrected chi connectivity index (χ2v) is 4.39. The van der Waals surface area contributed by atoms with Gasteiger partial charge in [-0.3, -0.25) is 0 Å². The van der Waals surface area contributed by atoms with E-state index < -0.39 is 16.0 Å². The summed E-state index contributed by atoms with van der Waals surface area (Å²) in [7, 11) is -2.90. The number of hydrogen-bond acceptors (Lipinski definition) is 5. The molecule has 0 bridgehead atoms. The maximum atomic E-state index is 11.3. The highest BCUT2D eigenvalue weighted by atomic mass is 32.2. The number of carbonyl (C=O) groups is 1. The number of carboxylic acids is 1. The molecule has 0 aliphatic heterocycles. The number of benzene rings is 1. The van der Waals surface area contributed by atoms with Crippen LogP contribution >= 0.6 is 0 Å². The number of rotatable bonds is 4. The fourth-order valence-electron chi connectivity index (χ4n) is 1.07. The van der Waals surface area contributed by atoms with Gasteiger partial charge in [0.05, 0.1) is 12.7 Å². The Morgan fingerprint density at radius 2 is 2.06 bits per heavy atom. The lowest BCUT2D eigenvalue weighted by atomic mass is 10.2. The number of methoxy groups -OCH3 is 1. The fourth-order valence-corrected chi connectivity index (χ4v) is 1.82. The van der Waals surface area contributed by atoms with Gasteiger partial charge in [-0.25, -0.2) is 13.2 Å². The van der Waals surface area contributed by atoms with Crippen LogP contribution in [-0.4, -0.2) is 31.8 Å². The number of sulfonamides is 1. The molecule has 0 aromatic heterocycles. The minimum absolute atomic E-state index is 0.117. The average molecular weight is 247 g/mol. The quantitative estimate of drug-likeness (QED) is 0.648. The number of carboxylic acid groups (broad SMARTS) is 1. The molecule has 0 spiro atoms. The van der Waals surface area contributed by atoms with E-state index in [-0.39, 0.29) is 16.2 Å². The van der Waals surface area contributed by atoms with Gasteiger partial charge in [-0.15, -0.1) is 0 Å². The summed E-state index contributed by atoms with van der Waals surface area (Å²) in [6.07, 6.45) is 0. The molecule has 0 fully saturated rings. The van der Waals surface area contributed by atoms with Crippen molar-refractivity contribution >= 4 is 16.0 Å². The normalized spacial score (nSPS) is 11.1. The van der Waals surface area contributed by atoms with E-state index in [1.165, 1.54) is 7.11 Å². The lowest BCUT2D eigenvalue weighted by molar-refractivity contribution is 0.0696.